The fourth-order valence-electron chi connectivity index (χ4n) is 2.96. The number of aryl methyl sites for hydroxylation is 4. The van der Waals surface area contributed by atoms with Crippen LogP contribution in [0.2, 0.25) is 0 Å². The van der Waals surface area contributed by atoms with Crippen LogP contribution in [-0.4, -0.2) is 5.97 Å². The summed E-state index contributed by atoms with van der Waals surface area (Å²) in [5.74, 6) is -0.406. The number of hydrogen-bond acceptors (Lipinski definition) is 4. The van der Waals surface area contributed by atoms with Crippen molar-refractivity contribution in [2.45, 2.75) is 34.3 Å². The predicted octanol–water partition coefficient (Wildman–Crippen LogP) is 4.38. The van der Waals surface area contributed by atoms with E-state index in [0.717, 1.165) is 27.6 Å². The summed E-state index contributed by atoms with van der Waals surface area (Å²) in [6.07, 6.45) is 0. The van der Waals surface area contributed by atoms with Gasteiger partial charge in [0.15, 0.2) is 0 Å². The van der Waals surface area contributed by atoms with Crippen molar-refractivity contribution >= 4 is 16.9 Å². The standard InChI is InChI=1S/C21H20O4/c1-12-7-13(2)9-16(8-12)21(23)24-11-17-10-19(22)25-20-15(4)14(3)5-6-18(17)20/h5-10H,11H2,1-4H3. The molecule has 3 rings (SSSR count). The molecule has 0 aliphatic heterocycles. The van der Waals surface area contributed by atoms with Gasteiger partial charge in [-0.1, -0.05) is 29.3 Å². The topological polar surface area (TPSA) is 56.5 Å². The summed E-state index contributed by atoms with van der Waals surface area (Å²) in [5, 5.41) is 0.788. The zero-order valence-electron chi connectivity index (χ0n) is 14.8. The Morgan fingerprint density at radius 1 is 1.00 bits per heavy atom. The molecule has 2 aromatic carbocycles. The number of rotatable bonds is 3. The van der Waals surface area contributed by atoms with Gasteiger partial charge in [-0.3, -0.25) is 0 Å². The lowest BCUT2D eigenvalue weighted by Crippen LogP contribution is -2.09. The highest BCUT2D eigenvalue weighted by molar-refractivity contribution is 5.90. The van der Waals surface area contributed by atoms with Crippen molar-refractivity contribution in [1.82, 2.24) is 0 Å². The van der Waals surface area contributed by atoms with Gasteiger partial charge in [0, 0.05) is 17.0 Å². The van der Waals surface area contributed by atoms with Crippen LogP contribution in [0.1, 0.15) is 38.2 Å². The summed E-state index contributed by atoms with van der Waals surface area (Å²) in [4.78, 5) is 24.2. The van der Waals surface area contributed by atoms with Crippen LogP contribution in [0.3, 0.4) is 0 Å². The molecule has 0 N–H and O–H groups in total. The van der Waals surface area contributed by atoms with E-state index in [2.05, 4.69) is 0 Å². The highest BCUT2D eigenvalue weighted by Crippen LogP contribution is 2.24. The first-order chi connectivity index (χ1) is 11.8. The van der Waals surface area contributed by atoms with Gasteiger partial charge in [-0.05, 0) is 51.0 Å². The summed E-state index contributed by atoms with van der Waals surface area (Å²) in [7, 11) is 0. The summed E-state index contributed by atoms with van der Waals surface area (Å²) < 4.78 is 10.8. The lowest BCUT2D eigenvalue weighted by molar-refractivity contribution is 0.0473. The molecule has 25 heavy (non-hydrogen) atoms. The van der Waals surface area contributed by atoms with Gasteiger partial charge in [0.2, 0.25) is 0 Å². The van der Waals surface area contributed by atoms with Crippen LogP contribution in [0.25, 0.3) is 11.0 Å². The molecule has 1 aromatic heterocycles. The molecule has 4 nitrogen and oxygen atoms in total. The quantitative estimate of drug-likeness (QED) is 0.526. The van der Waals surface area contributed by atoms with Crippen LogP contribution in [0.4, 0.5) is 0 Å². The fourth-order valence-corrected chi connectivity index (χ4v) is 2.96. The number of carbonyl (C=O) groups excluding carboxylic acids is 1. The minimum Gasteiger partial charge on any atom is -0.457 e. The first-order valence-electron chi connectivity index (χ1n) is 8.13. The SMILES string of the molecule is Cc1cc(C)cc(C(=O)OCc2cc(=O)oc3c(C)c(C)ccc23)c1. The highest BCUT2D eigenvalue weighted by Gasteiger charge is 2.13. The molecule has 0 aliphatic rings. The predicted molar refractivity (Wildman–Crippen MR) is 97.0 cm³/mol. The maximum Gasteiger partial charge on any atom is 0.338 e. The maximum atomic E-state index is 12.3. The molecule has 0 radical (unpaired) electrons. The van der Waals surface area contributed by atoms with Gasteiger partial charge in [-0.25, -0.2) is 9.59 Å². The average molecular weight is 336 g/mol. The van der Waals surface area contributed by atoms with Crippen molar-refractivity contribution in [2.75, 3.05) is 0 Å². The zero-order valence-corrected chi connectivity index (χ0v) is 14.8. The van der Waals surface area contributed by atoms with E-state index >= 15 is 0 Å². The molecule has 0 saturated carbocycles. The first kappa shape index (κ1) is 17.0. The molecule has 4 heteroatoms. The van der Waals surface area contributed by atoms with E-state index in [4.69, 9.17) is 9.15 Å². The van der Waals surface area contributed by atoms with Crippen molar-refractivity contribution in [3.63, 3.8) is 0 Å². The Labute approximate surface area is 146 Å². The largest absolute Gasteiger partial charge is 0.457 e. The third-order valence-corrected chi connectivity index (χ3v) is 4.33. The molecule has 128 valence electrons. The van der Waals surface area contributed by atoms with E-state index in [0.29, 0.717) is 16.7 Å². The monoisotopic (exact) mass is 336 g/mol. The Morgan fingerprint density at radius 3 is 2.36 bits per heavy atom. The summed E-state index contributed by atoms with van der Waals surface area (Å²) >= 11 is 0. The van der Waals surface area contributed by atoms with Crippen LogP contribution in [-0.2, 0) is 11.3 Å². The molecule has 0 saturated heterocycles. The number of ether oxygens (including phenoxy) is 1. The zero-order chi connectivity index (χ0) is 18.1. The summed E-state index contributed by atoms with van der Waals surface area (Å²) in [5.41, 5.74) is 5.22. The van der Waals surface area contributed by atoms with Crippen LogP contribution in [0.5, 0.6) is 0 Å². The first-order valence-corrected chi connectivity index (χ1v) is 8.13. The third kappa shape index (κ3) is 3.48. The van der Waals surface area contributed by atoms with Crippen molar-refractivity contribution in [3.05, 3.63) is 80.2 Å². The number of esters is 1. The van der Waals surface area contributed by atoms with E-state index < -0.39 is 11.6 Å². The molecule has 0 spiro atoms. The number of benzene rings is 2. The number of fused-ring (bicyclic) bond motifs is 1. The molecule has 3 aromatic rings. The van der Waals surface area contributed by atoms with E-state index in [-0.39, 0.29) is 6.61 Å². The van der Waals surface area contributed by atoms with Crippen LogP contribution < -0.4 is 5.63 Å². The summed E-state index contributed by atoms with van der Waals surface area (Å²) in [6, 6.07) is 10.8. The van der Waals surface area contributed by atoms with Crippen LogP contribution >= 0.6 is 0 Å². The van der Waals surface area contributed by atoms with Crippen LogP contribution in [0, 0.1) is 27.7 Å². The third-order valence-electron chi connectivity index (χ3n) is 4.33. The van der Waals surface area contributed by atoms with Gasteiger partial charge in [0.1, 0.15) is 12.2 Å². The van der Waals surface area contributed by atoms with E-state index in [1.807, 2.05) is 45.9 Å². The normalized spacial score (nSPS) is 10.9. The Balaban J connectivity index is 1.92. The number of hydrogen-bond donors (Lipinski definition) is 0. The Hall–Kier alpha value is -2.88. The smallest absolute Gasteiger partial charge is 0.338 e. The Bertz CT molecular complexity index is 1010. The van der Waals surface area contributed by atoms with Gasteiger partial charge in [0.05, 0.1) is 5.56 Å². The molecule has 0 fully saturated rings. The average Bonchev–Trinajstić information content (AvgIpc) is 2.55. The molecular weight excluding hydrogens is 316 g/mol. The minimum absolute atomic E-state index is 0.0242. The molecule has 0 atom stereocenters. The fraction of sp³-hybridized carbons (Fsp3) is 0.238. The van der Waals surface area contributed by atoms with Gasteiger partial charge in [-0.2, -0.15) is 0 Å². The van der Waals surface area contributed by atoms with Gasteiger partial charge in [-0.15, -0.1) is 0 Å². The molecule has 0 aliphatic carbocycles. The number of carbonyl (C=O) groups is 1. The second-order valence-corrected chi connectivity index (χ2v) is 6.43. The lowest BCUT2D eigenvalue weighted by Gasteiger charge is -2.10. The van der Waals surface area contributed by atoms with Crippen molar-refractivity contribution in [3.8, 4) is 0 Å². The van der Waals surface area contributed by atoms with Crippen molar-refractivity contribution < 1.29 is 13.9 Å². The second-order valence-electron chi connectivity index (χ2n) is 6.43. The minimum atomic E-state index is -0.446. The van der Waals surface area contributed by atoms with E-state index in [1.165, 1.54) is 6.07 Å². The van der Waals surface area contributed by atoms with Crippen molar-refractivity contribution in [2.24, 2.45) is 0 Å². The highest BCUT2D eigenvalue weighted by atomic mass is 16.5. The Morgan fingerprint density at radius 2 is 1.68 bits per heavy atom. The van der Waals surface area contributed by atoms with Crippen LogP contribution in [0.15, 0.2) is 45.6 Å². The molecule has 1 heterocycles. The lowest BCUT2D eigenvalue weighted by atomic mass is 10.0. The Kier molecular flexibility index (Phi) is 4.45. The molecule has 0 unspecified atom stereocenters. The van der Waals surface area contributed by atoms with Gasteiger partial charge >= 0.3 is 11.6 Å². The summed E-state index contributed by atoms with van der Waals surface area (Å²) in [6.45, 7) is 7.76. The van der Waals surface area contributed by atoms with E-state index in [9.17, 15) is 9.59 Å². The van der Waals surface area contributed by atoms with Crippen molar-refractivity contribution in [1.29, 1.82) is 0 Å². The molecule has 0 bridgehead atoms. The second kappa shape index (κ2) is 6.55. The van der Waals surface area contributed by atoms with Gasteiger partial charge in [0.25, 0.3) is 0 Å². The molecular formula is C21H20O4. The molecule has 0 amide bonds. The van der Waals surface area contributed by atoms with Gasteiger partial charge < -0.3 is 9.15 Å². The maximum absolute atomic E-state index is 12.3. The van der Waals surface area contributed by atoms with E-state index in [1.54, 1.807) is 12.1 Å².